The predicted molar refractivity (Wildman–Crippen MR) is 93.0 cm³/mol. The smallest absolute Gasteiger partial charge is 0.239 e. The Labute approximate surface area is 142 Å². The summed E-state index contributed by atoms with van der Waals surface area (Å²) < 4.78 is 0. The lowest BCUT2D eigenvalue weighted by molar-refractivity contribution is -0.127. The second-order valence-electron chi connectivity index (χ2n) is 6.28. The van der Waals surface area contributed by atoms with Crippen molar-refractivity contribution in [2.45, 2.75) is 19.9 Å². The van der Waals surface area contributed by atoms with Crippen molar-refractivity contribution >= 4 is 17.5 Å². The van der Waals surface area contributed by atoms with Crippen LogP contribution in [0.4, 0.5) is 5.69 Å². The van der Waals surface area contributed by atoms with Crippen molar-refractivity contribution in [1.29, 1.82) is 0 Å². The van der Waals surface area contributed by atoms with Gasteiger partial charge in [-0.1, -0.05) is 0 Å². The highest BCUT2D eigenvalue weighted by atomic mass is 16.3. The zero-order chi connectivity index (χ0) is 17.5. The van der Waals surface area contributed by atoms with Crippen LogP contribution in [-0.2, 0) is 9.59 Å². The van der Waals surface area contributed by atoms with E-state index in [0.29, 0.717) is 6.54 Å². The number of anilines is 1. The number of carbonyl (C=O) groups is 2. The summed E-state index contributed by atoms with van der Waals surface area (Å²) in [6, 6.07) is 7.22. The van der Waals surface area contributed by atoms with Crippen LogP contribution in [0, 0.1) is 0 Å². The van der Waals surface area contributed by atoms with Crippen LogP contribution in [0.5, 0.6) is 5.75 Å². The number of rotatable bonds is 6. The maximum absolute atomic E-state index is 11.9. The summed E-state index contributed by atoms with van der Waals surface area (Å²) in [6.07, 6.45) is 0. The average molecular weight is 334 g/mol. The molecule has 2 amide bonds. The molecule has 0 radical (unpaired) electrons. The van der Waals surface area contributed by atoms with Gasteiger partial charge in [-0.15, -0.1) is 0 Å². The molecule has 24 heavy (non-hydrogen) atoms. The SMILES string of the molecule is CC(C)NC(=O)CNC(=O)CN1CCN(c2ccc(O)cc2)CC1. The van der Waals surface area contributed by atoms with Gasteiger partial charge in [-0.05, 0) is 38.1 Å². The van der Waals surface area contributed by atoms with Gasteiger partial charge in [0.25, 0.3) is 0 Å². The fourth-order valence-corrected chi connectivity index (χ4v) is 2.64. The molecule has 0 saturated carbocycles. The number of amides is 2. The molecule has 1 fully saturated rings. The van der Waals surface area contributed by atoms with E-state index < -0.39 is 0 Å². The number of hydrogen-bond donors (Lipinski definition) is 3. The van der Waals surface area contributed by atoms with E-state index in [9.17, 15) is 14.7 Å². The number of phenolic OH excluding ortho intramolecular Hbond substituents is 1. The Morgan fingerprint density at radius 3 is 2.29 bits per heavy atom. The molecule has 0 unspecified atom stereocenters. The minimum absolute atomic E-state index is 0.0183. The third-order valence-corrected chi connectivity index (χ3v) is 3.85. The number of phenols is 1. The fraction of sp³-hybridized carbons (Fsp3) is 0.529. The van der Waals surface area contributed by atoms with E-state index in [0.717, 1.165) is 31.9 Å². The average Bonchev–Trinajstić information content (AvgIpc) is 2.54. The number of carbonyl (C=O) groups excluding carboxylic acids is 2. The van der Waals surface area contributed by atoms with Gasteiger partial charge in [-0.2, -0.15) is 0 Å². The van der Waals surface area contributed by atoms with Crippen molar-refractivity contribution in [3.05, 3.63) is 24.3 Å². The number of hydrogen-bond acceptors (Lipinski definition) is 5. The highest BCUT2D eigenvalue weighted by Crippen LogP contribution is 2.19. The van der Waals surface area contributed by atoms with E-state index in [4.69, 9.17) is 0 Å². The molecule has 132 valence electrons. The Morgan fingerprint density at radius 2 is 1.71 bits per heavy atom. The maximum Gasteiger partial charge on any atom is 0.239 e. The highest BCUT2D eigenvalue weighted by molar-refractivity contribution is 5.85. The van der Waals surface area contributed by atoms with Crippen molar-refractivity contribution in [2.75, 3.05) is 44.2 Å². The summed E-state index contributed by atoms with van der Waals surface area (Å²) in [6.45, 7) is 7.31. The second-order valence-corrected chi connectivity index (χ2v) is 6.28. The molecule has 1 aliphatic rings. The van der Waals surface area contributed by atoms with Crippen LogP contribution in [0.15, 0.2) is 24.3 Å². The molecule has 0 aliphatic carbocycles. The number of aromatic hydroxyl groups is 1. The number of piperazine rings is 1. The van der Waals surface area contributed by atoms with Gasteiger partial charge in [0.1, 0.15) is 5.75 Å². The second kappa shape index (κ2) is 8.54. The molecular weight excluding hydrogens is 308 g/mol. The topological polar surface area (TPSA) is 84.9 Å². The fourth-order valence-electron chi connectivity index (χ4n) is 2.64. The Morgan fingerprint density at radius 1 is 1.08 bits per heavy atom. The van der Waals surface area contributed by atoms with Crippen molar-refractivity contribution in [2.24, 2.45) is 0 Å². The first kappa shape index (κ1) is 18.1. The molecular formula is C17H26N4O3. The van der Waals surface area contributed by atoms with Gasteiger partial charge in [0.2, 0.25) is 11.8 Å². The number of nitrogens with one attached hydrogen (secondary N) is 2. The van der Waals surface area contributed by atoms with E-state index in [1.807, 2.05) is 26.0 Å². The molecule has 1 aromatic carbocycles. The van der Waals surface area contributed by atoms with Crippen molar-refractivity contribution in [1.82, 2.24) is 15.5 Å². The molecule has 0 atom stereocenters. The van der Waals surface area contributed by atoms with Crippen LogP contribution in [0.3, 0.4) is 0 Å². The van der Waals surface area contributed by atoms with Crippen LogP contribution in [-0.4, -0.2) is 67.1 Å². The van der Waals surface area contributed by atoms with Gasteiger partial charge < -0.3 is 20.6 Å². The summed E-state index contributed by atoms with van der Waals surface area (Å²) in [7, 11) is 0. The largest absolute Gasteiger partial charge is 0.508 e. The Bertz CT molecular complexity index is 551. The zero-order valence-corrected chi connectivity index (χ0v) is 14.3. The highest BCUT2D eigenvalue weighted by Gasteiger charge is 2.19. The van der Waals surface area contributed by atoms with Crippen LogP contribution in [0.1, 0.15) is 13.8 Å². The lowest BCUT2D eigenvalue weighted by atomic mass is 10.2. The van der Waals surface area contributed by atoms with Crippen molar-refractivity contribution < 1.29 is 14.7 Å². The Hall–Kier alpha value is -2.28. The minimum Gasteiger partial charge on any atom is -0.508 e. The molecule has 0 aromatic heterocycles. The van der Waals surface area contributed by atoms with Crippen molar-refractivity contribution in [3.63, 3.8) is 0 Å². The molecule has 1 aromatic rings. The lowest BCUT2D eigenvalue weighted by Crippen LogP contribution is -2.50. The Balaban J connectivity index is 1.69. The van der Waals surface area contributed by atoms with Gasteiger partial charge >= 0.3 is 0 Å². The van der Waals surface area contributed by atoms with E-state index in [-0.39, 0.29) is 30.2 Å². The van der Waals surface area contributed by atoms with Crippen LogP contribution in [0.2, 0.25) is 0 Å². The molecule has 7 nitrogen and oxygen atoms in total. The third-order valence-electron chi connectivity index (χ3n) is 3.85. The summed E-state index contributed by atoms with van der Waals surface area (Å²) >= 11 is 0. The lowest BCUT2D eigenvalue weighted by Gasteiger charge is -2.35. The first-order valence-corrected chi connectivity index (χ1v) is 8.26. The third kappa shape index (κ3) is 5.73. The maximum atomic E-state index is 11.9. The summed E-state index contributed by atoms with van der Waals surface area (Å²) in [5, 5.41) is 14.7. The molecule has 0 spiro atoms. The van der Waals surface area contributed by atoms with E-state index in [1.165, 1.54) is 0 Å². The number of nitrogens with zero attached hydrogens (tertiary/aromatic N) is 2. The van der Waals surface area contributed by atoms with Crippen LogP contribution < -0.4 is 15.5 Å². The predicted octanol–water partition coefficient (Wildman–Crippen LogP) is 0.155. The van der Waals surface area contributed by atoms with E-state index >= 15 is 0 Å². The first-order chi connectivity index (χ1) is 11.4. The van der Waals surface area contributed by atoms with Crippen LogP contribution >= 0.6 is 0 Å². The quantitative estimate of drug-likeness (QED) is 0.690. The van der Waals surface area contributed by atoms with Gasteiger partial charge in [0.05, 0.1) is 13.1 Å². The molecule has 3 N–H and O–H groups in total. The molecule has 7 heteroatoms. The summed E-state index contributed by atoms with van der Waals surface area (Å²) in [5.74, 6) is -0.0435. The van der Waals surface area contributed by atoms with E-state index in [2.05, 4.69) is 20.4 Å². The zero-order valence-electron chi connectivity index (χ0n) is 14.3. The van der Waals surface area contributed by atoms with Gasteiger partial charge in [-0.25, -0.2) is 0 Å². The Kier molecular flexibility index (Phi) is 6.43. The molecule has 1 heterocycles. The molecule has 1 saturated heterocycles. The van der Waals surface area contributed by atoms with Gasteiger partial charge in [0, 0.05) is 37.9 Å². The monoisotopic (exact) mass is 334 g/mol. The first-order valence-electron chi connectivity index (χ1n) is 8.26. The van der Waals surface area contributed by atoms with Gasteiger partial charge in [0.15, 0.2) is 0 Å². The molecule has 1 aliphatic heterocycles. The summed E-state index contributed by atoms with van der Waals surface area (Å²) in [4.78, 5) is 27.7. The standard InChI is InChI=1S/C17H26N4O3/c1-13(2)19-16(23)11-18-17(24)12-20-7-9-21(10-8-20)14-3-5-15(22)6-4-14/h3-6,13,22H,7-12H2,1-2H3,(H,18,24)(H,19,23). The summed E-state index contributed by atoms with van der Waals surface area (Å²) in [5.41, 5.74) is 1.07. The van der Waals surface area contributed by atoms with Crippen molar-refractivity contribution in [3.8, 4) is 5.75 Å². The minimum atomic E-state index is -0.171. The van der Waals surface area contributed by atoms with Gasteiger partial charge in [-0.3, -0.25) is 14.5 Å². The molecule has 2 rings (SSSR count). The number of benzene rings is 1. The normalized spacial score (nSPS) is 15.4. The van der Waals surface area contributed by atoms with E-state index in [1.54, 1.807) is 12.1 Å². The van der Waals surface area contributed by atoms with Crippen LogP contribution in [0.25, 0.3) is 0 Å². The molecule has 0 bridgehead atoms.